The van der Waals surface area contributed by atoms with Gasteiger partial charge in [-0.3, -0.25) is 0 Å². The van der Waals surface area contributed by atoms with Crippen LogP contribution in [0.5, 0.6) is 0 Å². The Kier molecular flexibility index (Phi) is 1.53. The molecule has 0 radical (unpaired) electrons. The molecule has 0 amide bonds. The predicted molar refractivity (Wildman–Crippen MR) is 43.0 cm³/mol. The van der Waals surface area contributed by atoms with Gasteiger partial charge in [0.05, 0.1) is 5.57 Å². The predicted octanol–water partition coefficient (Wildman–Crippen LogP) is 0.00900. The number of carboxylic acid groups (broad SMARTS) is 1. The summed E-state index contributed by atoms with van der Waals surface area (Å²) in [5, 5.41) is 14.8. The smallest absolute Gasteiger partial charge is 0.333 e. The van der Waals surface area contributed by atoms with E-state index in [1.54, 1.807) is 6.20 Å². The van der Waals surface area contributed by atoms with E-state index in [-0.39, 0.29) is 5.92 Å². The molecular weight excluding hydrogens is 156 g/mol. The number of hydrogen-bond acceptors (Lipinski definition) is 3. The molecule has 1 saturated heterocycles. The highest BCUT2D eigenvalue weighted by Gasteiger charge is 2.30. The van der Waals surface area contributed by atoms with E-state index in [1.165, 1.54) is 0 Å². The molecule has 2 aliphatic rings. The summed E-state index contributed by atoms with van der Waals surface area (Å²) in [6.07, 6.45) is 4.26. The molecule has 0 spiro atoms. The van der Waals surface area contributed by atoms with Gasteiger partial charge in [-0.1, -0.05) is 0 Å². The standard InChI is InChI=1S/C8H10N2O2/c11-8(12)6-3-9-4-7-5(6)1-2-10-7/h3-5,9-10H,1-2H2,(H,11,12). The molecular formula is C8H10N2O2. The number of rotatable bonds is 1. The molecule has 1 atom stereocenters. The number of allylic oxidation sites excluding steroid dienone is 1. The molecule has 1 fully saturated rings. The molecule has 1 unspecified atom stereocenters. The number of carbonyl (C=O) groups is 1. The first-order chi connectivity index (χ1) is 5.79. The van der Waals surface area contributed by atoms with Crippen LogP contribution in [0.25, 0.3) is 0 Å². The lowest BCUT2D eigenvalue weighted by Gasteiger charge is -2.16. The lowest BCUT2D eigenvalue weighted by atomic mass is 9.95. The maximum atomic E-state index is 10.7. The van der Waals surface area contributed by atoms with Gasteiger partial charge in [-0.15, -0.1) is 0 Å². The summed E-state index contributed by atoms with van der Waals surface area (Å²) in [5.74, 6) is -0.759. The van der Waals surface area contributed by atoms with E-state index in [0.717, 1.165) is 18.7 Å². The van der Waals surface area contributed by atoms with Crippen molar-refractivity contribution in [3.8, 4) is 0 Å². The Morgan fingerprint density at radius 2 is 2.42 bits per heavy atom. The Morgan fingerprint density at radius 1 is 1.58 bits per heavy atom. The highest BCUT2D eigenvalue weighted by atomic mass is 16.4. The average Bonchev–Trinajstić information content (AvgIpc) is 2.49. The molecule has 4 heteroatoms. The summed E-state index contributed by atoms with van der Waals surface area (Å²) in [4.78, 5) is 10.7. The number of nitrogens with one attached hydrogen (secondary N) is 2. The molecule has 4 nitrogen and oxygen atoms in total. The highest BCUT2D eigenvalue weighted by molar-refractivity contribution is 5.88. The van der Waals surface area contributed by atoms with Gasteiger partial charge in [-0.05, 0) is 6.42 Å². The maximum absolute atomic E-state index is 10.7. The van der Waals surface area contributed by atoms with Crippen LogP contribution < -0.4 is 10.6 Å². The lowest BCUT2D eigenvalue weighted by Crippen LogP contribution is -2.22. The number of carboxylic acids is 1. The monoisotopic (exact) mass is 166 g/mol. The number of fused-ring (bicyclic) bond motifs is 1. The van der Waals surface area contributed by atoms with Crippen molar-refractivity contribution in [2.45, 2.75) is 6.42 Å². The largest absolute Gasteiger partial charge is 0.478 e. The van der Waals surface area contributed by atoms with Crippen molar-refractivity contribution < 1.29 is 9.90 Å². The Morgan fingerprint density at radius 3 is 3.17 bits per heavy atom. The summed E-state index contributed by atoms with van der Waals surface area (Å²) in [6, 6.07) is 0. The molecule has 0 aromatic carbocycles. The summed E-state index contributed by atoms with van der Waals surface area (Å²) in [5.41, 5.74) is 1.45. The Bertz CT molecular complexity index is 281. The van der Waals surface area contributed by atoms with Gasteiger partial charge in [0.15, 0.2) is 0 Å². The molecule has 0 aromatic rings. The van der Waals surface area contributed by atoms with Gasteiger partial charge in [-0.2, -0.15) is 0 Å². The van der Waals surface area contributed by atoms with Crippen LogP contribution in [0.3, 0.4) is 0 Å². The zero-order valence-electron chi connectivity index (χ0n) is 6.50. The number of dihydropyridines is 1. The third-order valence-corrected chi connectivity index (χ3v) is 2.24. The molecule has 2 heterocycles. The van der Waals surface area contributed by atoms with Crippen molar-refractivity contribution >= 4 is 5.97 Å². The van der Waals surface area contributed by atoms with Gasteiger partial charge >= 0.3 is 5.97 Å². The van der Waals surface area contributed by atoms with Crippen molar-refractivity contribution in [1.29, 1.82) is 0 Å². The molecule has 0 aromatic heterocycles. The van der Waals surface area contributed by atoms with E-state index in [1.807, 2.05) is 6.20 Å². The first-order valence-electron chi connectivity index (χ1n) is 3.92. The van der Waals surface area contributed by atoms with Crippen LogP contribution in [-0.4, -0.2) is 17.6 Å². The molecule has 64 valence electrons. The van der Waals surface area contributed by atoms with Gasteiger partial charge in [0.1, 0.15) is 0 Å². The highest BCUT2D eigenvalue weighted by Crippen LogP contribution is 2.28. The van der Waals surface area contributed by atoms with Crippen molar-refractivity contribution in [2.75, 3.05) is 6.54 Å². The second-order valence-electron chi connectivity index (χ2n) is 2.94. The van der Waals surface area contributed by atoms with Crippen molar-refractivity contribution in [2.24, 2.45) is 5.92 Å². The maximum Gasteiger partial charge on any atom is 0.333 e. The van der Waals surface area contributed by atoms with Gasteiger partial charge in [0.2, 0.25) is 0 Å². The third kappa shape index (κ3) is 0.958. The van der Waals surface area contributed by atoms with Gasteiger partial charge < -0.3 is 15.7 Å². The summed E-state index contributed by atoms with van der Waals surface area (Å²) in [6.45, 7) is 0.864. The van der Waals surface area contributed by atoms with E-state index < -0.39 is 5.97 Å². The van der Waals surface area contributed by atoms with Gasteiger partial charge in [-0.25, -0.2) is 4.79 Å². The Labute approximate surface area is 70.0 Å². The molecule has 0 bridgehead atoms. The van der Waals surface area contributed by atoms with Crippen LogP contribution in [0.1, 0.15) is 6.42 Å². The normalized spacial score (nSPS) is 26.2. The zero-order valence-corrected chi connectivity index (χ0v) is 6.50. The van der Waals surface area contributed by atoms with Crippen LogP contribution >= 0.6 is 0 Å². The minimum absolute atomic E-state index is 0.0729. The minimum Gasteiger partial charge on any atom is -0.478 e. The van der Waals surface area contributed by atoms with Gasteiger partial charge in [0.25, 0.3) is 0 Å². The van der Waals surface area contributed by atoms with Crippen LogP contribution in [0.15, 0.2) is 23.7 Å². The Balaban J connectivity index is 2.26. The second-order valence-corrected chi connectivity index (χ2v) is 2.94. The van der Waals surface area contributed by atoms with Crippen molar-refractivity contribution in [3.05, 3.63) is 23.7 Å². The van der Waals surface area contributed by atoms with Gasteiger partial charge in [0, 0.05) is 30.6 Å². The van der Waals surface area contributed by atoms with Crippen LogP contribution in [0.4, 0.5) is 0 Å². The number of hydrogen-bond donors (Lipinski definition) is 3. The summed E-state index contributed by atoms with van der Waals surface area (Å²) >= 11 is 0. The third-order valence-electron chi connectivity index (χ3n) is 2.24. The fourth-order valence-electron chi connectivity index (χ4n) is 1.65. The average molecular weight is 166 g/mol. The van der Waals surface area contributed by atoms with E-state index >= 15 is 0 Å². The topological polar surface area (TPSA) is 61.4 Å². The molecule has 12 heavy (non-hydrogen) atoms. The van der Waals surface area contributed by atoms with Crippen LogP contribution in [0, 0.1) is 5.92 Å². The minimum atomic E-state index is -0.832. The lowest BCUT2D eigenvalue weighted by molar-refractivity contribution is -0.133. The fourth-order valence-corrected chi connectivity index (χ4v) is 1.65. The summed E-state index contributed by atoms with van der Waals surface area (Å²) < 4.78 is 0. The molecule has 2 aliphatic heterocycles. The molecule has 3 N–H and O–H groups in total. The van der Waals surface area contributed by atoms with Crippen molar-refractivity contribution in [3.63, 3.8) is 0 Å². The number of aliphatic carboxylic acids is 1. The van der Waals surface area contributed by atoms with E-state index in [9.17, 15) is 4.79 Å². The van der Waals surface area contributed by atoms with E-state index in [2.05, 4.69) is 10.6 Å². The van der Waals surface area contributed by atoms with E-state index in [4.69, 9.17) is 5.11 Å². The van der Waals surface area contributed by atoms with Crippen LogP contribution in [-0.2, 0) is 4.79 Å². The second kappa shape index (κ2) is 2.55. The fraction of sp³-hybridized carbons (Fsp3) is 0.375. The van der Waals surface area contributed by atoms with E-state index in [0.29, 0.717) is 5.57 Å². The van der Waals surface area contributed by atoms with Crippen LogP contribution in [0.2, 0.25) is 0 Å². The summed E-state index contributed by atoms with van der Waals surface area (Å²) in [7, 11) is 0. The SMILES string of the molecule is O=C(O)C1=CNC=C2NCCC21. The quantitative estimate of drug-likeness (QED) is 0.513. The molecule has 0 saturated carbocycles. The first kappa shape index (κ1) is 7.21. The van der Waals surface area contributed by atoms with Crippen molar-refractivity contribution in [1.82, 2.24) is 10.6 Å². The first-order valence-corrected chi connectivity index (χ1v) is 3.92. The molecule has 2 rings (SSSR count). The molecule has 0 aliphatic carbocycles. The zero-order chi connectivity index (χ0) is 8.55. The Hall–Kier alpha value is -1.45.